The molecule has 1 fully saturated rings. The summed E-state index contributed by atoms with van der Waals surface area (Å²) in [4.78, 5) is 4.29. The van der Waals surface area contributed by atoms with Crippen molar-refractivity contribution < 1.29 is 4.74 Å². The van der Waals surface area contributed by atoms with Gasteiger partial charge in [0, 0.05) is 39.1 Å². The summed E-state index contributed by atoms with van der Waals surface area (Å²) < 4.78 is 7.57. The van der Waals surface area contributed by atoms with E-state index in [2.05, 4.69) is 45.0 Å². The van der Waals surface area contributed by atoms with Gasteiger partial charge in [0.05, 0.1) is 12.6 Å². The quantitative estimate of drug-likeness (QED) is 0.399. The van der Waals surface area contributed by atoms with Crippen LogP contribution >= 0.6 is 24.0 Å². The monoisotopic (exact) mass is 455 g/mol. The average Bonchev–Trinajstić information content (AvgIpc) is 3.30. The van der Waals surface area contributed by atoms with E-state index in [0.717, 1.165) is 45.0 Å². The molecule has 0 radical (unpaired) electrons. The third kappa shape index (κ3) is 6.00. The maximum Gasteiger partial charge on any atom is 0.191 e. The van der Waals surface area contributed by atoms with Crippen molar-refractivity contribution in [2.24, 2.45) is 4.99 Å². The topological polar surface area (TPSA) is 63.5 Å². The molecule has 1 aliphatic heterocycles. The lowest BCUT2D eigenvalue weighted by Crippen LogP contribution is -2.40. The average molecular weight is 455 g/mol. The van der Waals surface area contributed by atoms with Crippen LogP contribution in [0.15, 0.2) is 47.7 Å². The Balaban J connectivity index is 0.00000225. The summed E-state index contributed by atoms with van der Waals surface area (Å²) in [6.07, 6.45) is 6.36. The van der Waals surface area contributed by atoms with Crippen molar-refractivity contribution in [1.29, 1.82) is 0 Å². The molecule has 7 heteroatoms. The van der Waals surface area contributed by atoms with Gasteiger partial charge in [-0.15, -0.1) is 24.0 Å². The predicted molar refractivity (Wildman–Crippen MR) is 110 cm³/mol. The first kappa shape index (κ1) is 19.7. The molecular formula is C18H26IN5O. The molecule has 3 rings (SSSR count). The Morgan fingerprint density at radius 2 is 2.12 bits per heavy atom. The van der Waals surface area contributed by atoms with Gasteiger partial charge in [0.25, 0.3) is 0 Å². The maximum atomic E-state index is 5.63. The zero-order valence-corrected chi connectivity index (χ0v) is 16.8. The lowest BCUT2D eigenvalue weighted by atomic mass is 10.1. The summed E-state index contributed by atoms with van der Waals surface area (Å²) in [6, 6.07) is 10.3. The Hall–Kier alpha value is -1.61. The number of hydrogen-bond acceptors (Lipinski definition) is 3. The number of ether oxygens (including phenoxy) is 1. The molecule has 1 aromatic carbocycles. The van der Waals surface area contributed by atoms with Gasteiger partial charge in [-0.1, -0.05) is 24.3 Å². The van der Waals surface area contributed by atoms with Crippen LogP contribution in [0.1, 0.15) is 24.0 Å². The Kier molecular flexibility index (Phi) is 8.20. The number of hydrogen-bond donors (Lipinski definition) is 2. The van der Waals surface area contributed by atoms with Crippen LogP contribution in [0.4, 0.5) is 0 Å². The van der Waals surface area contributed by atoms with Gasteiger partial charge in [0.2, 0.25) is 0 Å². The van der Waals surface area contributed by atoms with Gasteiger partial charge in [-0.05, 0) is 30.0 Å². The van der Waals surface area contributed by atoms with Gasteiger partial charge in [-0.25, -0.2) is 0 Å². The first-order valence-electron chi connectivity index (χ1n) is 8.45. The molecule has 1 aromatic heterocycles. The molecule has 1 atom stereocenters. The van der Waals surface area contributed by atoms with E-state index in [4.69, 9.17) is 4.74 Å². The van der Waals surface area contributed by atoms with Crippen LogP contribution in [-0.2, 0) is 17.8 Å². The first-order valence-corrected chi connectivity index (χ1v) is 8.45. The number of nitrogens with one attached hydrogen (secondary N) is 2. The van der Waals surface area contributed by atoms with Crippen LogP contribution in [0.5, 0.6) is 0 Å². The first-order chi connectivity index (χ1) is 11.8. The highest BCUT2D eigenvalue weighted by Gasteiger charge is 2.15. The molecule has 2 N–H and O–H groups in total. The van der Waals surface area contributed by atoms with Gasteiger partial charge in [-0.3, -0.25) is 9.67 Å². The van der Waals surface area contributed by atoms with Crippen LogP contribution in [-0.4, -0.2) is 42.0 Å². The summed E-state index contributed by atoms with van der Waals surface area (Å²) in [5.74, 6) is 0.805. The van der Waals surface area contributed by atoms with Crippen molar-refractivity contribution >= 4 is 29.9 Å². The molecule has 1 unspecified atom stereocenters. The van der Waals surface area contributed by atoms with Crippen molar-refractivity contribution in [3.05, 3.63) is 53.9 Å². The van der Waals surface area contributed by atoms with E-state index < -0.39 is 0 Å². The molecule has 2 heterocycles. The van der Waals surface area contributed by atoms with Gasteiger partial charge in [0.15, 0.2) is 5.96 Å². The standard InChI is InChI=1S/C18H25N5O.HI/c1-19-18(21-13-17-8-4-11-24-17)20-12-15-6-2-3-7-16(15)14-23-10-5-9-22-23;/h2-3,5-7,9-10,17H,4,8,11-14H2,1H3,(H2,19,20,21);1H. The number of halogens is 1. The molecule has 0 saturated carbocycles. The van der Waals surface area contributed by atoms with Gasteiger partial charge >= 0.3 is 0 Å². The van der Waals surface area contributed by atoms with E-state index in [0.29, 0.717) is 6.10 Å². The minimum Gasteiger partial charge on any atom is -0.376 e. The van der Waals surface area contributed by atoms with Gasteiger partial charge in [-0.2, -0.15) is 5.10 Å². The van der Waals surface area contributed by atoms with E-state index in [9.17, 15) is 0 Å². The third-order valence-corrected chi connectivity index (χ3v) is 4.20. The Morgan fingerprint density at radius 3 is 2.80 bits per heavy atom. The lowest BCUT2D eigenvalue weighted by molar-refractivity contribution is 0.114. The van der Waals surface area contributed by atoms with E-state index in [1.165, 1.54) is 11.1 Å². The second-order valence-electron chi connectivity index (χ2n) is 5.91. The summed E-state index contributed by atoms with van der Waals surface area (Å²) in [6.45, 7) is 3.17. The number of benzene rings is 1. The van der Waals surface area contributed by atoms with Crippen LogP contribution in [0.25, 0.3) is 0 Å². The van der Waals surface area contributed by atoms with Gasteiger partial charge in [0.1, 0.15) is 0 Å². The molecule has 0 spiro atoms. The zero-order valence-electron chi connectivity index (χ0n) is 14.5. The molecule has 1 saturated heterocycles. The van der Waals surface area contributed by atoms with Crippen LogP contribution < -0.4 is 10.6 Å². The highest BCUT2D eigenvalue weighted by atomic mass is 127. The van der Waals surface area contributed by atoms with Gasteiger partial charge < -0.3 is 15.4 Å². The second-order valence-corrected chi connectivity index (χ2v) is 5.91. The van der Waals surface area contributed by atoms with Crippen molar-refractivity contribution in [1.82, 2.24) is 20.4 Å². The molecule has 6 nitrogen and oxygen atoms in total. The fourth-order valence-electron chi connectivity index (χ4n) is 2.87. The molecule has 136 valence electrons. The molecule has 1 aliphatic rings. The molecule has 0 amide bonds. The van der Waals surface area contributed by atoms with Crippen LogP contribution in [0, 0.1) is 0 Å². The normalized spacial score (nSPS) is 17.2. The number of rotatable bonds is 6. The minimum absolute atomic E-state index is 0. The fourth-order valence-corrected chi connectivity index (χ4v) is 2.87. The lowest BCUT2D eigenvalue weighted by Gasteiger charge is -2.16. The molecular weight excluding hydrogens is 429 g/mol. The molecule has 25 heavy (non-hydrogen) atoms. The summed E-state index contributed by atoms with van der Waals surface area (Å²) in [5.41, 5.74) is 2.50. The Bertz CT molecular complexity index is 653. The van der Waals surface area contributed by atoms with E-state index in [-0.39, 0.29) is 24.0 Å². The fraction of sp³-hybridized carbons (Fsp3) is 0.444. The van der Waals surface area contributed by atoms with Crippen LogP contribution in [0.2, 0.25) is 0 Å². The molecule has 0 bridgehead atoms. The minimum atomic E-state index is 0. The van der Waals surface area contributed by atoms with E-state index in [1.807, 2.05) is 16.9 Å². The molecule has 2 aromatic rings. The zero-order chi connectivity index (χ0) is 16.6. The number of guanidine groups is 1. The summed E-state index contributed by atoms with van der Waals surface area (Å²) >= 11 is 0. The summed E-state index contributed by atoms with van der Waals surface area (Å²) in [5, 5.41) is 11.0. The highest BCUT2D eigenvalue weighted by molar-refractivity contribution is 14.0. The molecule has 0 aliphatic carbocycles. The number of nitrogens with zero attached hydrogens (tertiary/aromatic N) is 3. The van der Waals surface area contributed by atoms with E-state index >= 15 is 0 Å². The van der Waals surface area contributed by atoms with Crippen molar-refractivity contribution in [2.45, 2.75) is 32.0 Å². The number of aliphatic imine (C=N–C) groups is 1. The Labute approximate surface area is 166 Å². The smallest absolute Gasteiger partial charge is 0.191 e. The second kappa shape index (κ2) is 10.4. The third-order valence-electron chi connectivity index (χ3n) is 4.20. The largest absolute Gasteiger partial charge is 0.376 e. The van der Waals surface area contributed by atoms with Crippen molar-refractivity contribution in [3.63, 3.8) is 0 Å². The van der Waals surface area contributed by atoms with Crippen LogP contribution in [0.3, 0.4) is 0 Å². The summed E-state index contributed by atoms with van der Waals surface area (Å²) in [7, 11) is 1.79. The Morgan fingerprint density at radius 1 is 1.28 bits per heavy atom. The number of aromatic nitrogens is 2. The van der Waals surface area contributed by atoms with Crippen molar-refractivity contribution in [2.75, 3.05) is 20.2 Å². The maximum absolute atomic E-state index is 5.63. The highest BCUT2D eigenvalue weighted by Crippen LogP contribution is 2.11. The van der Waals surface area contributed by atoms with Crippen molar-refractivity contribution in [3.8, 4) is 0 Å². The predicted octanol–water partition coefficient (Wildman–Crippen LogP) is 2.39. The SMILES string of the molecule is CN=C(NCc1ccccc1Cn1cccn1)NCC1CCCO1.I. The van der Waals surface area contributed by atoms with E-state index in [1.54, 1.807) is 13.2 Å².